The summed E-state index contributed by atoms with van der Waals surface area (Å²) in [6, 6.07) is 0. The van der Waals surface area contributed by atoms with Gasteiger partial charge in [-0.3, -0.25) is 4.79 Å². The van der Waals surface area contributed by atoms with Gasteiger partial charge >= 0.3 is 6.09 Å². The van der Waals surface area contributed by atoms with Crippen LogP contribution in [0.5, 0.6) is 0 Å². The van der Waals surface area contributed by atoms with Gasteiger partial charge in [0.05, 0.1) is 6.61 Å². The number of carbonyl (C=O) groups excluding carboxylic acids is 2. The van der Waals surface area contributed by atoms with Crippen molar-refractivity contribution in [2.75, 3.05) is 26.3 Å². The molecule has 2 rings (SSSR count). The minimum absolute atomic E-state index is 0.201. The van der Waals surface area contributed by atoms with Crippen LogP contribution in [0.4, 0.5) is 4.79 Å². The van der Waals surface area contributed by atoms with E-state index in [-0.39, 0.29) is 11.9 Å². The Morgan fingerprint density at radius 2 is 2.18 bits per heavy atom. The number of carbonyl (C=O) groups is 2. The van der Waals surface area contributed by atoms with E-state index in [0.717, 1.165) is 6.42 Å². The SMILES string of the molecule is CCOC(=O)N1CCC2(CC1)OCCCC2=O. The zero-order valence-electron chi connectivity index (χ0n) is 10.2. The average molecular weight is 241 g/mol. The zero-order valence-corrected chi connectivity index (χ0v) is 10.2. The first kappa shape index (κ1) is 12.4. The summed E-state index contributed by atoms with van der Waals surface area (Å²) in [5.74, 6) is 0.201. The highest BCUT2D eigenvalue weighted by molar-refractivity contribution is 5.88. The van der Waals surface area contributed by atoms with Crippen molar-refractivity contribution in [3.63, 3.8) is 0 Å². The molecule has 0 saturated carbocycles. The van der Waals surface area contributed by atoms with Crippen LogP contribution >= 0.6 is 0 Å². The maximum absolute atomic E-state index is 11.9. The lowest BCUT2D eigenvalue weighted by Gasteiger charge is -2.42. The van der Waals surface area contributed by atoms with Gasteiger partial charge in [0.2, 0.25) is 0 Å². The van der Waals surface area contributed by atoms with E-state index in [1.165, 1.54) is 0 Å². The molecule has 0 bridgehead atoms. The molecule has 2 aliphatic heterocycles. The van der Waals surface area contributed by atoms with Gasteiger partial charge in [-0.05, 0) is 13.3 Å². The number of piperidine rings is 1. The van der Waals surface area contributed by atoms with E-state index in [1.807, 2.05) is 0 Å². The van der Waals surface area contributed by atoms with Gasteiger partial charge in [-0.1, -0.05) is 0 Å². The van der Waals surface area contributed by atoms with E-state index in [9.17, 15) is 9.59 Å². The normalized spacial score (nSPS) is 23.8. The van der Waals surface area contributed by atoms with Crippen molar-refractivity contribution in [2.24, 2.45) is 0 Å². The third-order valence-corrected chi connectivity index (χ3v) is 3.53. The van der Waals surface area contributed by atoms with Crippen molar-refractivity contribution in [1.82, 2.24) is 4.90 Å². The molecule has 0 aromatic heterocycles. The van der Waals surface area contributed by atoms with Gasteiger partial charge in [-0.15, -0.1) is 0 Å². The Labute approximate surface area is 101 Å². The first-order chi connectivity index (χ1) is 8.18. The van der Waals surface area contributed by atoms with Crippen LogP contribution in [0, 0.1) is 0 Å². The van der Waals surface area contributed by atoms with E-state index in [2.05, 4.69) is 0 Å². The van der Waals surface area contributed by atoms with Crippen LogP contribution in [0.25, 0.3) is 0 Å². The third kappa shape index (κ3) is 2.44. The van der Waals surface area contributed by atoms with Crippen LogP contribution in [-0.2, 0) is 14.3 Å². The van der Waals surface area contributed by atoms with Gasteiger partial charge in [0, 0.05) is 39.0 Å². The Morgan fingerprint density at radius 1 is 1.47 bits per heavy atom. The number of nitrogens with zero attached hydrogens (tertiary/aromatic N) is 1. The van der Waals surface area contributed by atoms with Crippen LogP contribution in [0.1, 0.15) is 32.6 Å². The second-order valence-electron chi connectivity index (χ2n) is 4.56. The largest absolute Gasteiger partial charge is 0.450 e. The molecule has 96 valence electrons. The third-order valence-electron chi connectivity index (χ3n) is 3.53. The fraction of sp³-hybridized carbons (Fsp3) is 0.833. The number of ether oxygens (including phenoxy) is 2. The van der Waals surface area contributed by atoms with E-state index in [4.69, 9.17) is 9.47 Å². The van der Waals surface area contributed by atoms with E-state index in [0.29, 0.717) is 45.6 Å². The Bertz CT molecular complexity index is 308. The standard InChI is InChI=1S/C12H19NO4/c1-2-16-11(15)13-7-5-12(6-8-13)10(14)4-3-9-17-12/h2-9H2,1H3. The summed E-state index contributed by atoms with van der Waals surface area (Å²) >= 11 is 0. The maximum atomic E-state index is 11.9. The van der Waals surface area contributed by atoms with Crippen LogP contribution in [0.15, 0.2) is 0 Å². The summed E-state index contributed by atoms with van der Waals surface area (Å²) in [5, 5.41) is 0. The summed E-state index contributed by atoms with van der Waals surface area (Å²) < 4.78 is 10.6. The fourth-order valence-corrected chi connectivity index (χ4v) is 2.50. The van der Waals surface area contributed by atoms with Gasteiger partial charge in [0.1, 0.15) is 5.60 Å². The van der Waals surface area contributed by atoms with Crippen LogP contribution in [-0.4, -0.2) is 48.7 Å². The van der Waals surface area contributed by atoms with Gasteiger partial charge < -0.3 is 14.4 Å². The molecule has 1 amide bonds. The van der Waals surface area contributed by atoms with Crippen molar-refractivity contribution in [1.29, 1.82) is 0 Å². The molecule has 5 nitrogen and oxygen atoms in total. The van der Waals surface area contributed by atoms with Crippen molar-refractivity contribution >= 4 is 11.9 Å². The molecule has 0 atom stereocenters. The minimum Gasteiger partial charge on any atom is -0.450 e. The lowest BCUT2D eigenvalue weighted by molar-refractivity contribution is -0.159. The second-order valence-corrected chi connectivity index (χ2v) is 4.56. The van der Waals surface area contributed by atoms with Gasteiger partial charge in [-0.25, -0.2) is 4.79 Å². The quantitative estimate of drug-likeness (QED) is 0.695. The molecule has 5 heteroatoms. The van der Waals surface area contributed by atoms with E-state index in [1.54, 1.807) is 11.8 Å². The summed E-state index contributed by atoms with van der Waals surface area (Å²) in [6.07, 6.45) is 2.35. The number of ketones is 1. The number of likely N-dealkylation sites (tertiary alicyclic amines) is 1. The lowest BCUT2D eigenvalue weighted by Crippen LogP contribution is -2.54. The van der Waals surface area contributed by atoms with Gasteiger partial charge in [0.25, 0.3) is 0 Å². The monoisotopic (exact) mass is 241 g/mol. The first-order valence-electron chi connectivity index (χ1n) is 6.27. The molecule has 0 aliphatic carbocycles. The van der Waals surface area contributed by atoms with E-state index >= 15 is 0 Å². The molecular weight excluding hydrogens is 222 g/mol. The zero-order chi connectivity index (χ0) is 12.3. The highest BCUT2D eigenvalue weighted by atomic mass is 16.6. The maximum Gasteiger partial charge on any atom is 0.409 e. The Balaban J connectivity index is 1.92. The molecule has 2 saturated heterocycles. The van der Waals surface area contributed by atoms with E-state index < -0.39 is 5.60 Å². The molecule has 0 unspecified atom stereocenters. The van der Waals surface area contributed by atoms with Crippen LogP contribution in [0.2, 0.25) is 0 Å². The smallest absolute Gasteiger partial charge is 0.409 e. The Hall–Kier alpha value is -1.10. The Morgan fingerprint density at radius 3 is 2.76 bits per heavy atom. The first-order valence-corrected chi connectivity index (χ1v) is 6.27. The molecule has 0 N–H and O–H groups in total. The molecule has 0 aromatic rings. The van der Waals surface area contributed by atoms with Crippen molar-refractivity contribution in [2.45, 2.75) is 38.2 Å². The summed E-state index contributed by atoms with van der Waals surface area (Å²) in [7, 11) is 0. The van der Waals surface area contributed by atoms with Gasteiger partial charge in [-0.2, -0.15) is 0 Å². The molecule has 0 aromatic carbocycles. The topological polar surface area (TPSA) is 55.8 Å². The Kier molecular flexibility index (Phi) is 3.66. The number of rotatable bonds is 1. The summed E-state index contributed by atoms with van der Waals surface area (Å²) in [4.78, 5) is 25.1. The molecule has 2 heterocycles. The molecule has 17 heavy (non-hydrogen) atoms. The van der Waals surface area contributed by atoms with Gasteiger partial charge in [0.15, 0.2) is 5.78 Å². The summed E-state index contributed by atoms with van der Waals surface area (Å²) in [5.41, 5.74) is -0.610. The van der Waals surface area contributed by atoms with Crippen molar-refractivity contribution < 1.29 is 19.1 Å². The number of Topliss-reactive ketones (excluding diaryl/α,β-unsaturated/α-hetero) is 1. The number of hydrogen-bond acceptors (Lipinski definition) is 4. The molecule has 0 radical (unpaired) electrons. The molecular formula is C12H19NO4. The highest BCUT2D eigenvalue weighted by Crippen LogP contribution is 2.32. The van der Waals surface area contributed by atoms with Crippen LogP contribution in [0.3, 0.4) is 0 Å². The fourth-order valence-electron chi connectivity index (χ4n) is 2.50. The number of hydrogen-bond donors (Lipinski definition) is 0. The summed E-state index contributed by atoms with van der Waals surface area (Å²) in [6.45, 7) is 3.92. The average Bonchev–Trinajstić information content (AvgIpc) is 2.34. The second kappa shape index (κ2) is 5.04. The number of amides is 1. The van der Waals surface area contributed by atoms with Crippen molar-refractivity contribution in [3.05, 3.63) is 0 Å². The predicted octanol–water partition coefficient (Wildman–Crippen LogP) is 1.36. The highest BCUT2D eigenvalue weighted by Gasteiger charge is 2.44. The minimum atomic E-state index is -0.610. The molecule has 1 spiro atoms. The van der Waals surface area contributed by atoms with Crippen molar-refractivity contribution in [3.8, 4) is 0 Å². The molecule has 2 fully saturated rings. The predicted molar refractivity (Wildman–Crippen MR) is 60.8 cm³/mol. The van der Waals surface area contributed by atoms with Crippen LogP contribution < -0.4 is 0 Å². The lowest BCUT2D eigenvalue weighted by atomic mass is 9.83. The molecule has 2 aliphatic rings.